The van der Waals surface area contributed by atoms with Gasteiger partial charge in [0, 0.05) is 31.2 Å². The number of hydrogen-bond acceptors (Lipinski definition) is 6. The Kier molecular flexibility index (Phi) is 7.07. The van der Waals surface area contributed by atoms with Crippen molar-refractivity contribution in [3.8, 4) is 0 Å². The van der Waals surface area contributed by atoms with Gasteiger partial charge < -0.3 is 24.3 Å². The maximum Gasteiger partial charge on any atom is 0.329 e. The van der Waals surface area contributed by atoms with Gasteiger partial charge in [-0.05, 0) is 49.9 Å². The van der Waals surface area contributed by atoms with Gasteiger partial charge in [-0.2, -0.15) is 0 Å². The van der Waals surface area contributed by atoms with Gasteiger partial charge in [-0.25, -0.2) is 4.79 Å². The molecule has 3 amide bonds. The molecule has 2 aromatic rings. The van der Waals surface area contributed by atoms with Crippen molar-refractivity contribution in [3.63, 3.8) is 0 Å². The fourth-order valence-electron chi connectivity index (χ4n) is 4.27. The molecule has 2 aliphatic rings. The number of anilines is 1. The first-order valence-electron chi connectivity index (χ1n) is 11.2. The zero-order chi connectivity index (χ0) is 23.2. The first kappa shape index (κ1) is 22.6. The van der Waals surface area contributed by atoms with Crippen molar-refractivity contribution in [2.75, 3.05) is 31.6 Å². The molecular weight excluding hydrogens is 426 g/mol. The molecule has 9 nitrogen and oxygen atoms in total. The Morgan fingerprint density at radius 3 is 2.42 bits per heavy atom. The van der Waals surface area contributed by atoms with Crippen LogP contribution in [0.4, 0.5) is 5.69 Å². The van der Waals surface area contributed by atoms with Crippen LogP contribution in [0.1, 0.15) is 36.2 Å². The van der Waals surface area contributed by atoms with Crippen LogP contribution < -0.4 is 5.32 Å². The molecule has 0 bridgehead atoms. The summed E-state index contributed by atoms with van der Waals surface area (Å²) in [5.74, 6) is -1.30. The summed E-state index contributed by atoms with van der Waals surface area (Å²) in [5.41, 5.74) is 0.749. The van der Waals surface area contributed by atoms with Crippen molar-refractivity contribution in [3.05, 3.63) is 54.5 Å². The molecule has 4 rings (SSSR count). The molecule has 33 heavy (non-hydrogen) atoms. The number of likely N-dealkylation sites (tertiary alicyclic amines) is 2. The Hall–Kier alpha value is -3.62. The monoisotopic (exact) mass is 453 g/mol. The molecule has 2 fully saturated rings. The van der Waals surface area contributed by atoms with E-state index in [1.54, 1.807) is 17.0 Å². The van der Waals surface area contributed by atoms with E-state index >= 15 is 0 Å². The number of furan rings is 1. The lowest BCUT2D eigenvalue weighted by molar-refractivity contribution is -0.155. The minimum absolute atomic E-state index is 0.0534. The maximum absolute atomic E-state index is 12.6. The Morgan fingerprint density at radius 2 is 1.73 bits per heavy atom. The number of rotatable bonds is 6. The van der Waals surface area contributed by atoms with Crippen molar-refractivity contribution in [2.24, 2.45) is 5.92 Å². The van der Waals surface area contributed by atoms with Gasteiger partial charge in [0.25, 0.3) is 11.8 Å². The van der Waals surface area contributed by atoms with Gasteiger partial charge in [-0.15, -0.1) is 0 Å². The van der Waals surface area contributed by atoms with Crippen LogP contribution in [0.15, 0.2) is 53.1 Å². The molecule has 0 aliphatic carbocycles. The van der Waals surface area contributed by atoms with Crippen LogP contribution in [0.3, 0.4) is 0 Å². The van der Waals surface area contributed by atoms with Gasteiger partial charge >= 0.3 is 5.97 Å². The highest BCUT2D eigenvalue weighted by Crippen LogP contribution is 2.22. The summed E-state index contributed by atoms with van der Waals surface area (Å²) in [7, 11) is 0. The Morgan fingerprint density at radius 1 is 0.970 bits per heavy atom. The molecule has 2 aliphatic heterocycles. The molecule has 1 aromatic heterocycles. The van der Waals surface area contributed by atoms with E-state index < -0.39 is 12.0 Å². The molecule has 0 saturated carbocycles. The predicted octanol–water partition coefficient (Wildman–Crippen LogP) is 2.30. The third-order valence-corrected chi connectivity index (χ3v) is 6.12. The largest absolute Gasteiger partial charge is 0.459 e. The number of piperidine rings is 1. The molecule has 0 spiro atoms. The summed E-state index contributed by atoms with van der Waals surface area (Å²) in [6.45, 7) is 0.913. The first-order valence-corrected chi connectivity index (χ1v) is 11.2. The summed E-state index contributed by atoms with van der Waals surface area (Å²) in [6.07, 6.45) is 3.67. The van der Waals surface area contributed by atoms with Crippen LogP contribution in [0.2, 0.25) is 0 Å². The van der Waals surface area contributed by atoms with E-state index in [1.807, 2.05) is 30.3 Å². The number of nitrogens with zero attached hydrogens (tertiary/aromatic N) is 2. The van der Waals surface area contributed by atoms with Crippen molar-refractivity contribution >= 4 is 29.4 Å². The van der Waals surface area contributed by atoms with E-state index in [0.29, 0.717) is 45.3 Å². The van der Waals surface area contributed by atoms with Crippen molar-refractivity contribution in [1.29, 1.82) is 0 Å². The summed E-state index contributed by atoms with van der Waals surface area (Å²) in [5, 5.41) is 2.90. The van der Waals surface area contributed by atoms with E-state index in [1.165, 1.54) is 11.2 Å². The fourth-order valence-corrected chi connectivity index (χ4v) is 4.27. The number of esters is 1. The first-order chi connectivity index (χ1) is 16.0. The molecule has 0 radical (unpaired) electrons. The lowest BCUT2D eigenvalue weighted by Gasteiger charge is -2.31. The normalized spacial score (nSPS) is 18.7. The predicted molar refractivity (Wildman–Crippen MR) is 118 cm³/mol. The minimum atomic E-state index is -0.720. The fraction of sp³-hybridized carbons (Fsp3) is 0.417. The average molecular weight is 453 g/mol. The SMILES string of the molecule is O=C(Nc1ccccc1)C1CCN(C(=O)COC(=O)[C@@H]2CCCN2C(=O)c2ccco2)CC1. The summed E-state index contributed by atoms with van der Waals surface area (Å²) >= 11 is 0. The third-order valence-electron chi connectivity index (χ3n) is 6.12. The molecule has 1 N–H and O–H groups in total. The number of ether oxygens (including phenoxy) is 1. The zero-order valence-electron chi connectivity index (χ0n) is 18.3. The molecule has 1 aromatic carbocycles. The van der Waals surface area contributed by atoms with Crippen LogP contribution in [0, 0.1) is 5.92 Å². The Labute approximate surface area is 191 Å². The van der Waals surface area contributed by atoms with Crippen molar-refractivity contribution in [1.82, 2.24) is 9.80 Å². The van der Waals surface area contributed by atoms with Crippen molar-refractivity contribution in [2.45, 2.75) is 31.7 Å². The number of hydrogen-bond donors (Lipinski definition) is 1. The topological polar surface area (TPSA) is 109 Å². The molecule has 1 atom stereocenters. The van der Waals surface area contributed by atoms with E-state index in [2.05, 4.69) is 5.32 Å². The zero-order valence-corrected chi connectivity index (χ0v) is 18.3. The number of benzene rings is 1. The quantitative estimate of drug-likeness (QED) is 0.673. The highest BCUT2D eigenvalue weighted by Gasteiger charge is 2.37. The van der Waals surface area contributed by atoms with E-state index in [9.17, 15) is 19.2 Å². The minimum Gasteiger partial charge on any atom is -0.459 e. The van der Waals surface area contributed by atoms with Gasteiger partial charge in [0.2, 0.25) is 5.91 Å². The highest BCUT2D eigenvalue weighted by molar-refractivity contribution is 5.95. The lowest BCUT2D eigenvalue weighted by atomic mass is 9.95. The summed E-state index contributed by atoms with van der Waals surface area (Å²) in [6, 6.07) is 11.7. The van der Waals surface area contributed by atoms with Crippen LogP contribution in [0.5, 0.6) is 0 Å². The lowest BCUT2D eigenvalue weighted by Crippen LogP contribution is -2.45. The number of amides is 3. The second-order valence-corrected chi connectivity index (χ2v) is 8.25. The summed E-state index contributed by atoms with van der Waals surface area (Å²) in [4.78, 5) is 53.1. The maximum atomic E-state index is 12.6. The molecule has 2 saturated heterocycles. The molecule has 9 heteroatoms. The van der Waals surface area contributed by atoms with E-state index in [4.69, 9.17) is 9.15 Å². The standard InChI is InChI=1S/C24H27N3O6/c28-21(26-13-10-17(11-14-26)22(29)25-18-6-2-1-3-7-18)16-33-24(31)19-8-4-12-27(19)23(30)20-9-5-15-32-20/h1-3,5-7,9,15,17,19H,4,8,10-14,16H2,(H,25,29)/t19-/m0/s1. The summed E-state index contributed by atoms with van der Waals surface area (Å²) < 4.78 is 10.4. The van der Waals surface area contributed by atoms with Gasteiger partial charge in [0.05, 0.1) is 6.26 Å². The van der Waals surface area contributed by atoms with Gasteiger partial charge in [0.15, 0.2) is 12.4 Å². The van der Waals surface area contributed by atoms with Crippen LogP contribution >= 0.6 is 0 Å². The molecule has 0 unspecified atom stereocenters. The van der Waals surface area contributed by atoms with Crippen LogP contribution in [0.25, 0.3) is 0 Å². The Bertz CT molecular complexity index is 983. The van der Waals surface area contributed by atoms with Gasteiger partial charge in [0.1, 0.15) is 6.04 Å². The van der Waals surface area contributed by atoms with Gasteiger partial charge in [-0.1, -0.05) is 18.2 Å². The van der Waals surface area contributed by atoms with Crippen LogP contribution in [-0.4, -0.2) is 65.8 Å². The second-order valence-electron chi connectivity index (χ2n) is 8.25. The molecular formula is C24H27N3O6. The van der Waals surface area contributed by atoms with Crippen LogP contribution in [-0.2, 0) is 19.1 Å². The number of para-hydroxylation sites is 1. The van der Waals surface area contributed by atoms with Gasteiger partial charge in [-0.3, -0.25) is 14.4 Å². The third kappa shape index (κ3) is 5.42. The number of carbonyl (C=O) groups is 4. The average Bonchev–Trinajstić information content (AvgIpc) is 3.55. The Balaban J connectivity index is 1.22. The molecule has 3 heterocycles. The highest BCUT2D eigenvalue weighted by atomic mass is 16.5. The second kappa shape index (κ2) is 10.3. The van der Waals surface area contributed by atoms with E-state index in [0.717, 1.165) is 5.69 Å². The number of nitrogens with one attached hydrogen (secondary N) is 1. The van der Waals surface area contributed by atoms with E-state index in [-0.39, 0.29) is 36.0 Å². The van der Waals surface area contributed by atoms with Crippen molar-refractivity contribution < 1.29 is 28.3 Å². The smallest absolute Gasteiger partial charge is 0.329 e. The number of carbonyl (C=O) groups excluding carboxylic acids is 4. The molecule has 174 valence electrons.